The predicted molar refractivity (Wildman–Crippen MR) is 386 cm³/mol. The molecule has 2 spiro atoms. The van der Waals surface area contributed by atoms with E-state index in [1.807, 2.05) is 57.1 Å². The molecular formula is C73H108ClN13O6S2. The monoisotopic (exact) mass is 1360 g/mol. The quantitative estimate of drug-likeness (QED) is 0.0497. The van der Waals surface area contributed by atoms with Crippen molar-refractivity contribution in [1.82, 2.24) is 44.4 Å². The first-order chi connectivity index (χ1) is 45.3. The Morgan fingerprint density at radius 2 is 0.916 bits per heavy atom. The molecule has 2 aliphatic carbocycles. The second kappa shape index (κ2) is 34.8. The highest BCUT2D eigenvalue weighted by Gasteiger charge is 2.41. The number of aromatic nitrogens is 6. The third-order valence-corrected chi connectivity index (χ3v) is 24.0. The zero-order valence-electron chi connectivity index (χ0n) is 57.4. The zero-order valence-corrected chi connectivity index (χ0v) is 59.8. The summed E-state index contributed by atoms with van der Waals surface area (Å²) in [6.45, 7) is 27.4. The largest absolute Gasteiger partial charge is 0.497 e. The second-order valence-corrected chi connectivity index (χ2v) is 30.9. The van der Waals surface area contributed by atoms with E-state index in [-0.39, 0.29) is 18.4 Å². The van der Waals surface area contributed by atoms with E-state index in [2.05, 4.69) is 101 Å². The first-order valence-corrected chi connectivity index (χ1v) is 38.2. The summed E-state index contributed by atoms with van der Waals surface area (Å²) in [5, 5.41) is 3.59. The highest BCUT2D eigenvalue weighted by atomic mass is 35.7. The van der Waals surface area contributed by atoms with Gasteiger partial charge >= 0.3 is 0 Å². The number of ether oxygens (including phenoxy) is 2. The van der Waals surface area contributed by atoms with Crippen LogP contribution in [0.1, 0.15) is 152 Å². The Labute approximate surface area is 573 Å². The highest BCUT2D eigenvalue weighted by Crippen LogP contribution is 2.44. The van der Waals surface area contributed by atoms with E-state index in [4.69, 9.17) is 30.1 Å². The summed E-state index contributed by atoms with van der Waals surface area (Å²) < 4.78 is 62.1. The lowest BCUT2D eigenvalue weighted by Crippen LogP contribution is -2.47. The van der Waals surface area contributed by atoms with Crippen LogP contribution in [0.3, 0.4) is 0 Å². The minimum absolute atomic E-state index is 0. The van der Waals surface area contributed by atoms with Gasteiger partial charge in [-0.2, -0.15) is 4.31 Å². The molecule has 4 aliphatic heterocycles. The third-order valence-electron chi connectivity index (χ3n) is 20.2. The van der Waals surface area contributed by atoms with E-state index in [1.165, 1.54) is 108 Å². The van der Waals surface area contributed by atoms with Crippen molar-refractivity contribution in [2.45, 2.75) is 181 Å². The van der Waals surface area contributed by atoms with Gasteiger partial charge in [-0.1, -0.05) is 28.2 Å². The molecule has 1 N–H and O–H groups in total. The Kier molecular flexibility index (Phi) is 27.3. The van der Waals surface area contributed by atoms with Crippen LogP contribution < -0.4 is 34.4 Å². The summed E-state index contributed by atoms with van der Waals surface area (Å²) in [5.41, 5.74) is 8.31. The fourth-order valence-electron chi connectivity index (χ4n) is 14.1. The first-order valence-electron chi connectivity index (χ1n) is 34.4. The number of benzene rings is 2. The smallest absolute Gasteiger partial charge is 0.261 e. The molecule has 95 heavy (non-hydrogen) atoms. The molecule has 12 rings (SSSR count). The second-order valence-electron chi connectivity index (χ2n) is 26.6. The lowest BCUT2D eigenvalue weighted by molar-refractivity contribution is 0.166. The Morgan fingerprint density at radius 1 is 0.537 bits per heavy atom. The Hall–Kier alpha value is -6.23. The third kappa shape index (κ3) is 20.7. The molecule has 6 aliphatic rings. The van der Waals surface area contributed by atoms with Crippen molar-refractivity contribution in [2.75, 3.05) is 119 Å². The van der Waals surface area contributed by atoms with E-state index in [0.29, 0.717) is 44.9 Å². The Morgan fingerprint density at radius 3 is 1.26 bits per heavy atom. The number of pyridine rings is 2. The summed E-state index contributed by atoms with van der Waals surface area (Å²) in [6.07, 6.45) is 29.4. The lowest BCUT2D eigenvalue weighted by Gasteiger charge is -2.47. The predicted octanol–water partition coefficient (Wildman–Crippen LogP) is 12.8. The minimum Gasteiger partial charge on any atom is -0.497 e. The maximum absolute atomic E-state index is 13.8. The highest BCUT2D eigenvalue weighted by molar-refractivity contribution is 8.13. The number of nitrogens with one attached hydrogen (secondary N) is 1. The van der Waals surface area contributed by atoms with Crippen LogP contribution in [0.15, 0.2) is 108 Å². The van der Waals surface area contributed by atoms with Crippen LogP contribution in [0.4, 0.5) is 23.3 Å². The Balaban J connectivity index is 0.000000191. The van der Waals surface area contributed by atoms with Crippen LogP contribution in [0.5, 0.6) is 11.5 Å². The van der Waals surface area contributed by atoms with Crippen molar-refractivity contribution < 1.29 is 26.3 Å². The topological polar surface area (TPSA) is 196 Å². The Bertz CT molecular complexity index is 3510. The molecule has 0 bridgehead atoms. The fourth-order valence-corrected chi connectivity index (χ4v) is 17.8. The summed E-state index contributed by atoms with van der Waals surface area (Å²) in [5.74, 6) is 3.05. The van der Waals surface area contributed by atoms with Gasteiger partial charge in [-0.3, -0.25) is 9.97 Å². The van der Waals surface area contributed by atoms with E-state index in [0.717, 1.165) is 132 Å². The molecule has 0 unspecified atom stereocenters. The van der Waals surface area contributed by atoms with Crippen LogP contribution >= 0.6 is 10.7 Å². The molecule has 0 atom stereocenters. The molecule has 0 amide bonds. The van der Waals surface area contributed by atoms with E-state index in [1.54, 1.807) is 49.5 Å². The van der Waals surface area contributed by atoms with Gasteiger partial charge < -0.3 is 39.3 Å². The van der Waals surface area contributed by atoms with Gasteiger partial charge in [0.25, 0.3) is 9.05 Å². The molecule has 22 heteroatoms. The normalized spacial score (nSPS) is 17.6. The molecule has 0 radical (unpaired) electrons. The average molecular weight is 1360 g/mol. The molecule has 6 fully saturated rings. The number of piperidine rings is 4. The molecule has 4 saturated heterocycles. The van der Waals surface area contributed by atoms with Gasteiger partial charge in [0.2, 0.25) is 21.9 Å². The van der Waals surface area contributed by atoms with Gasteiger partial charge in [-0.05, 0) is 250 Å². The van der Waals surface area contributed by atoms with Gasteiger partial charge in [-0.25, -0.2) is 36.8 Å². The van der Waals surface area contributed by atoms with Crippen LogP contribution in [0.25, 0.3) is 0 Å². The van der Waals surface area contributed by atoms with Gasteiger partial charge in [0, 0.05) is 142 Å². The summed E-state index contributed by atoms with van der Waals surface area (Å²) in [4.78, 5) is 40.0. The number of aryl methyl sites for hydroxylation is 6. The maximum atomic E-state index is 13.8. The van der Waals surface area contributed by atoms with E-state index >= 15 is 0 Å². The maximum Gasteiger partial charge on any atom is 0.261 e. The molecule has 6 aromatic rings. The number of hydrogen-bond acceptors (Lipinski definition) is 18. The number of anilines is 4. The van der Waals surface area contributed by atoms with Crippen molar-refractivity contribution in [3.8, 4) is 11.5 Å². The van der Waals surface area contributed by atoms with Crippen molar-refractivity contribution in [3.05, 3.63) is 131 Å². The molecular weight excluding hydrogens is 1250 g/mol. The number of methoxy groups -OCH3 is 2. The number of rotatable bonds is 22. The van der Waals surface area contributed by atoms with E-state index < -0.39 is 19.1 Å². The summed E-state index contributed by atoms with van der Waals surface area (Å²) in [6, 6.07) is 20.3. The van der Waals surface area contributed by atoms with Gasteiger partial charge in [0.15, 0.2) is 0 Å². The molecule has 2 saturated carbocycles. The van der Waals surface area contributed by atoms with Gasteiger partial charge in [0.1, 0.15) is 11.5 Å². The zero-order chi connectivity index (χ0) is 66.9. The summed E-state index contributed by atoms with van der Waals surface area (Å²) in [7, 11) is 1.15. The van der Waals surface area contributed by atoms with Gasteiger partial charge in [-0.15, -0.1) is 0 Å². The van der Waals surface area contributed by atoms with Crippen LogP contribution in [0.2, 0.25) is 0 Å². The molecule has 520 valence electrons. The molecule has 2 aromatic carbocycles. The SMILES string of the molecule is C.CCN(CC)CC.COc1cc(C)c(S(=O)(=O)Cl)c(C)c1.COc1cc(C)c(S(=O)(=O)N(CCCc2ccnc(N3CCC4(CCN(c5ccncc5)CC4)CC3)n2)C2CC2)c(C)c1.c1cc(N2CCC3(CC2)CCN(c2nccc(CCCNC4CC4)n2)CC3)ccn1. The average Bonchev–Trinajstić information content (AvgIpc) is 1.38. The van der Waals surface area contributed by atoms with Crippen LogP contribution in [0, 0.1) is 38.5 Å². The lowest BCUT2D eigenvalue weighted by atomic mass is 9.71. The van der Waals surface area contributed by atoms with Crippen molar-refractivity contribution in [2.24, 2.45) is 10.8 Å². The summed E-state index contributed by atoms with van der Waals surface area (Å²) >= 11 is 0. The fraction of sp³-hybridized carbons (Fsp3) is 0.589. The standard InChI is InChI=1S/C33H44N6O3S.C24H34N6.C9H11ClO3S.C6H15N.CH4/c1-25-23-30(42-3)24-26(2)31(25)43(40,41)39(29-6-7-29)18-4-5-27-8-17-35-32(36-27)38-21-13-33(14-22-38)11-19-37(20-12-33)28-9-15-34-16-10-28;1(12-26-20-3-4-20)2-21-5-15-27-23(28-21)30-18-10-24(11-19-30)8-16-29(17-9-24)22-6-13-25-14-7-22;1-6-4-8(13-3)5-7(2)9(6)14(10,11)12;1-4-7(5-2)6-3;/h8-10,15-17,23-24,29H,4-7,11-14,18-22H2,1-3H3;5-7,13-15,20,26H,1-4,8-12,16-19H2;4-5H,1-3H3;4-6H2,1-3H3;1H4. The van der Waals surface area contributed by atoms with Crippen molar-refractivity contribution in [3.63, 3.8) is 0 Å². The molecule has 19 nitrogen and oxygen atoms in total. The minimum atomic E-state index is -3.67. The number of hydrogen-bond donors (Lipinski definition) is 1. The van der Waals surface area contributed by atoms with Crippen molar-refractivity contribution >= 4 is 53.0 Å². The number of nitrogens with zero attached hydrogens (tertiary/aromatic N) is 12. The van der Waals surface area contributed by atoms with Crippen LogP contribution in [-0.2, 0) is 31.9 Å². The number of halogens is 1. The first kappa shape index (κ1) is 74.6. The van der Waals surface area contributed by atoms with Crippen molar-refractivity contribution in [1.29, 1.82) is 0 Å². The van der Waals surface area contributed by atoms with Crippen LogP contribution in [-0.4, -0.2) is 167 Å². The number of sulfonamides is 1. The van der Waals surface area contributed by atoms with Gasteiger partial charge in [0.05, 0.1) is 24.0 Å². The molecule has 8 heterocycles. The molecule has 4 aromatic heterocycles. The van der Waals surface area contributed by atoms with E-state index in [9.17, 15) is 16.8 Å².